The van der Waals surface area contributed by atoms with Crippen LogP contribution in [0.15, 0.2) is 27.4 Å². The number of benzene rings is 1. The number of carbonyl (C=O) groups excluding carboxylic acids is 1. The van der Waals surface area contributed by atoms with Gasteiger partial charge >= 0.3 is 11.7 Å². The summed E-state index contributed by atoms with van der Waals surface area (Å²) in [6, 6.07) is 4.78. The molecule has 3 N–H and O–H groups in total. The third-order valence-corrected chi connectivity index (χ3v) is 2.50. The van der Waals surface area contributed by atoms with E-state index in [4.69, 9.17) is 9.52 Å². The number of aliphatic carboxylic acids is 1. The van der Waals surface area contributed by atoms with E-state index < -0.39 is 11.7 Å². The molecular weight excluding hydrogens is 252 g/mol. The summed E-state index contributed by atoms with van der Waals surface area (Å²) in [4.78, 5) is 35.3. The summed E-state index contributed by atoms with van der Waals surface area (Å²) in [7, 11) is 0. The molecule has 19 heavy (non-hydrogen) atoms. The van der Waals surface area contributed by atoms with Gasteiger partial charge in [0.1, 0.15) is 0 Å². The van der Waals surface area contributed by atoms with E-state index in [1.54, 1.807) is 12.1 Å². The van der Waals surface area contributed by atoms with Crippen molar-refractivity contribution in [2.45, 2.75) is 19.3 Å². The van der Waals surface area contributed by atoms with E-state index in [0.29, 0.717) is 16.8 Å². The minimum atomic E-state index is -0.927. The van der Waals surface area contributed by atoms with Gasteiger partial charge < -0.3 is 14.8 Å². The van der Waals surface area contributed by atoms with E-state index in [1.165, 1.54) is 6.07 Å². The number of carbonyl (C=O) groups is 2. The Bertz CT molecular complexity index is 670. The molecule has 2 rings (SSSR count). The number of carboxylic acids is 1. The fourth-order valence-corrected chi connectivity index (χ4v) is 1.65. The number of aromatic nitrogens is 1. The third kappa shape index (κ3) is 3.44. The van der Waals surface area contributed by atoms with E-state index >= 15 is 0 Å². The summed E-state index contributed by atoms with van der Waals surface area (Å²) >= 11 is 0. The quantitative estimate of drug-likeness (QED) is 0.753. The summed E-state index contributed by atoms with van der Waals surface area (Å²) < 4.78 is 4.86. The summed E-state index contributed by atoms with van der Waals surface area (Å²) in [6.45, 7) is 0. The van der Waals surface area contributed by atoms with Gasteiger partial charge in [0, 0.05) is 24.6 Å². The molecule has 0 aliphatic carbocycles. The van der Waals surface area contributed by atoms with Crippen LogP contribution in [-0.2, 0) is 9.59 Å². The van der Waals surface area contributed by atoms with Crippen molar-refractivity contribution in [2.24, 2.45) is 0 Å². The number of aromatic amines is 1. The van der Waals surface area contributed by atoms with Gasteiger partial charge in [-0.3, -0.25) is 14.6 Å². The van der Waals surface area contributed by atoms with Crippen LogP contribution in [-0.4, -0.2) is 22.0 Å². The first-order chi connectivity index (χ1) is 9.04. The van der Waals surface area contributed by atoms with Crippen molar-refractivity contribution in [2.75, 3.05) is 5.32 Å². The Balaban J connectivity index is 1.98. The van der Waals surface area contributed by atoms with Crippen LogP contribution in [0.5, 0.6) is 0 Å². The second-order valence-electron chi connectivity index (χ2n) is 4.02. The zero-order valence-electron chi connectivity index (χ0n) is 9.93. The summed E-state index contributed by atoms with van der Waals surface area (Å²) in [6.07, 6.45) is 0.364. The summed E-state index contributed by atoms with van der Waals surface area (Å²) in [5, 5.41) is 11.1. The van der Waals surface area contributed by atoms with Gasteiger partial charge in [-0.1, -0.05) is 0 Å². The van der Waals surface area contributed by atoms with Crippen molar-refractivity contribution in [1.29, 1.82) is 0 Å². The number of carboxylic acid groups (broad SMARTS) is 1. The van der Waals surface area contributed by atoms with Crippen LogP contribution in [0.3, 0.4) is 0 Å². The highest BCUT2D eigenvalue weighted by Gasteiger charge is 2.06. The molecule has 0 spiro atoms. The van der Waals surface area contributed by atoms with E-state index in [-0.39, 0.29) is 25.2 Å². The zero-order valence-corrected chi connectivity index (χ0v) is 9.93. The molecule has 100 valence electrons. The normalized spacial score (nSPS) is 10.5. The highest BCUT2D eigenvalue weighted by atomic mass is 16.4. The minimum Gasteiger partial charge on any atom is -0.481 e. The van der Waals surface area contributed by atoms with Crippen molar-refractivity contribution in [3.63, 3.8) is 0 Å². The maximum Gasteiger partial charge on any atom is 0.417 e. The Kier molecular flexibility index (Phi) is 3.65. The average Bonchev–Trinajstić information content (AvgIpc) is 2.67. The van der Waals surface area contributed by atoms with Gasteiger partial charge in [0.15, 0.2) is 5.58 Å². The molecule has 0 bridgehead atoms. The molecular formula is C12H12N2O5. The molecule has 1 heterocycles. The maximum absolute atomic E-state index is 11.5. The number of oxazole rings is 1. The van der Waals surface area contributed by atoms with Crippen LogP contribution in [0.25, 0.3) is 11.1 Å². The van der Waals surface area contributed by atoms with E-state index in [9.17, 15) is 14.4 Å². The molecule has 7 heteroatoms. The van der Waals surface area contributed by atoms with Gasteiger partial charge in [-0.15, -0.1) is 0 Å². The van der Waals surface area contributed by atoms with Crippen LogP contribution in [0.1, 0.15) is 19.3 Å². The molecule has 2 aromatic rings. The minimum absolute atomic E-state index is 0.0425. The fraction of sp³-hybridized carbons (Fsp3) is 0.250. The SMILES string of the molecule is O=C(O)CCCC(=O)Nc1ccc2[nH]c(=O)oc2c1. The van der Waals surface area contributed by atoms with E-state index in [2.05, 4.69) is 10.3 Å². The highest BCUT2D eigenvalue weighted by molar-refractivity contribution is 5.92. The van der Waals surface area contributed by atoms with Gasteiger partial charge in [-0.05, 0) is 18.6 Å². The summed E-state index contributed by atoms with van der Waals surface area (Å²) in [5.74, 6) is -1.76. The van der Waals surface area contributed by atoms with Crippen molar-refractivity contribution in [3.8, 4) is 0 Å². The van der Waals surface area contributed by atoms with Crippen molar-refractivity contribution < 1.29 is 19.1 Å². The molecule has 0 saturated carbocycles. The first kappa shape index (κ1) is 12.9. The molecule has 1 aromatic heterocycles. The molecule has 1 aromatic carbocycles. The Morgan fingerprint density at radius 3 is 2.84 bits per heavy atom. The van der Waals surface area contributed by atoms with Gasteiger partial charge in [0.25, 0.3) is 0 Å². The number of H-pyrrole nitrogens is 1. The van der Waals surface area contributed by atoms with E-state index in [0.717, 1.165) is 0 Å². The monoisotopic (exact) mass is 264 g/mol. The van der Waals surface area contributed by atoms with Gasteiger partial charge in [0.2, 0.25) is 5.91 Å². The number of anilines is 1. The predicted molar refractivity (Wildman–Crippen MR) is 67.0 cm³/mol. The molecule has 0 radical (unpaired) electrons. The third-order valence-electron chi connectivity index (χ3n) is 2.50. The number of amides is 1. The van der Waals surface area contributed by atoms with Gasteiger partial charge in [-0.2, -0.15) is 0 Å². The van der Waals surface area contributed by atoms with Crippen LogP contribution in [0.2, 0.25) is 0 Å². The largest absolute Gasteiger partial charge is 0.481 e. The zero-order chi connectivity index (χ0) is 13.8. The van der Waals surface area contributed by atoms with Crippen molar-refractivity contribution in [3.05, 3.63) is 28.7 Å². The van der Waals surface area contributed by atoms with Crippen LogP contribution in [0, 0.1) is 0 Å². The molecule has 0 fully saturated rings. The maximum atomic E-state index is 11.5. The highest BCUT2D eigenvalue weighted by Crippen LogP contribution is 2.16. The molecule has 0 atom stereocenters. The Morgan fingerprint density at radius 2 is 2.11 bits per heavy atom. The van der Waals surface area contributed by atoms with Crippen molar-refractivity contribution in [1.82, 2.24) is 4.98 Å². The molecule has 0 unspecified atom stereocenters. The topological polar surface area (TPSA) is 112 Å². The molecule has 1 amide bonds. The lowest BCUT2D eigenvalue weighted by Crippen LogP contribution is -2.11. The standard InChI is InChI=1S/C12H12N2O5/c15-10(2-1-3-11(16)17)13-7-4-5-8-9(6-7)19-12(18)14-8/h4-6H,1-3H2,(H,13,15)(H,14,18)(H,16,17). The van der Waals surface area contributed by atoms with Crippen molar-refractivity contribution >= 4 is 28.7 Å². The van der Waals surface area contributed by atoms with Crippen LogP contribution < -0.4 is 11.1 Å². The molecule has 0 saturated heterocycles. The summed E-state index contributed by atoms with van der Waals surface area (Å²) in [5.41, 5.74) is 1.40. The number of hydrogen-bond donors (Lipinski definition) is 3. The first-order valence-corrected chi connectivity index (χ1v) is 5.69. The van der Waals surface area contributed by atoms with Crippen LogP contribution in [0.4, 0.5) is 5.69 Å². The number of fused-ring (bicyclic) bond motifs is 1. The Morgan fingerprint density at radius 1 is 1.32 bits per heavy atom. The lowest BCUT2D eigenvalue weighted by Gasteiger charge is -2.03. The van der Waals surface area contributed by atoms with Gasteiger partial charge in [-0.25, -0.2) is 4.79 Å². The average molecular weight is 264 g/mol. The number of rotatable bonds is 5. The predicted octanol–water partition coefficient (Wildman–Crippen LogP) is 1.31. The van der Waals surface area contributed by atoms with Crippen LogP contribution >= 0.6 is 0 Å². The smallest absolute Gasteiger partial charge is 0.417 e. The second kappa shape index (κ2) is 5.38. The Labute approximate surface area is 107 Å². The first-order valence-electron chi connectivity index (χ1n) is 5.69. The molecule has 7 nitrogen and oxygen atoms in total. The lowest BCUT2D eigenvalue weighted by molar-refractivity contribution is -0.137. The Hall–Kier alpha value is -2.57. The van der Waals surface area contributed by atoms with E-state index in [1.807, 2.05) is 0 Å². The second-order valence-corrected chi connectivity index (χ2v) is 4.02. The fourth-order valence-electron chi connectivity index (χ4n) is 1.65. The number of hydrogen-bond acceptors (Lipinski definition) is 4. The van der Waals surface area contributed by atoms with Gasteiger partial charge in [0.05, 0.1) is 5.52 Å². The number of nitrogens with one attached hydrogen (secondary N) is 2. The molecule has 0 aliphatic rings. The lowest BCUT2D eigenvalue weighted by atomic mass is 10.2. The molecule has 0 aliphatic heterocycles.